The van der Waals surface area contributed by atoms with Crippen LogP contribution in [0.5, 0.6) is 0 Å². The van der Waals surface area contributed by atoms with E-state index in [9.17, 15) is 4.79 Å². The average Bonchev–Trinajstić information content (AvgIpc) is 3.12. The number of benzene rings is 1. The first kappa shape index (κ1) is 46.7. The summed E-state index contributed by atoms with van der Waals surface area (Å²) in [6.45, 7) is 8.86. The molecule has 1 unspecified atom stereocenters. The molecule has 1 rings (SSSR count). The summed E-state index contributed by atoms with van der Waals surface area (Å²) in [5, 5.41) is 0. The van der Waals surface area contributed by atoms with Crippen LogP contribution in [-0.4, -0.2) is 18.6 Å². The molecule has 0 fully saturated rings. The highest BCUT2D eigenvalue weighted by Crippen LogP contribution is 2.46. The summed E-state index contributed by atoms with van der Waals surface area (Å²) in [5.41, 5.74) is 8.51. The van der Waals surface area contributed by atoms with E-state index >= 15 is 0 Å². The molecule has 0 aliphatic carbocycles. The standard InChI is InChI=1S/C47H87NO2/c1-6-9-12-15-18-21-24-27-30-33-38-43-39-34-35-40-44(43)47(46(4,48)45(49)50-5,41-36-31-28-25-22-19-16-13-10-7-2)42-37-32-29-26-23-20-17-14-11-8-3/h34-35,39-40H,6-33,36-38,41-42,48H2,1-5H3. The molecule has 0 aromatic heterocycles. The molecule has 0 aliphatic rings. The highest BCUT2D eigenvalue weighted by molar-refractivity contribution is 5.83. The number of nitrogens with two attached hydrogens (primary N) is 1. The van der Waals surface area contributed by atoms with Crippen LogP contribution in [0.15, 0.2) is 24.3 Å². The van der Waals surface area contributed by atoms with Crippen molar-refractivity contribution >= 4 is 5.97 Å². The van der Waals surface area contributed by atoms with E-state index < -0.39 is 11.0 Å². The van der Waals surface area contributed by atoms with Gasteiger partial charge in [0.25, 0.3) is 0 Å². The van der Waals surface area contributed by atoms with Crippen LogP contribution < -0.4 is 5.73 Å². The minimum absolute atomic E-state index is 0.259. The fourth-order valence-electron chi connectivity index (χ4n) is 8.44. The number of aryl methyl sites for hydroxylation is 1. The van der Waals surface area contributed by atoms with Gasteiger partial charge in [0.15, 0.2) is 0 Å². The quantitative estimate of drug-likeness (QED) is 0.0561. The molecule has 2 N–H and O–H groups in total. The lowest BCUT2D eigenvalue weighted by molar-refractivity contribution is -0.150. The number of unbranched alkanes of at least 4 members (excludes halogenated alkanes) is 27. The monoisotopic (exact) mass is 698 g/mol. The van der Waals surface area contributed by atoms with Crippen molar-refractivity contribution in [3.05, 3.63) is 35.4 Å². The fraction of sp³-hybridized carbons (Fsp3) is 0.851. The van der Waals surface area contributed by atoms with Gasteiger partial charge in [-0.1, -0.05) is 231 Å². The molecule has 1 aromatic rings. The summed E-state index contributed by atoms with van der Waals surface area (Å²) >= 11 is 0. The molecule has 0 amide bonds. The van der Waals surface area contributed by atoms with Crippen LogP contribution >= 0.6 is 0 Å². The van der Waals surface area contributed by atoms with E-state index in [0.29, 0.717) is 0 Å². The highest BCUT2D eigenvalue weighted by Gasteiger charge is 2.52. The molecule has 0 saturated heterocycles. The number of methoxy groups -OCH3 is 1. The van der Waals surface area contributed by atoms with Crippen molar-refractivity contribution in [3.8, 4) is 0 Å². The van der Waals surface area contributed by atoms with Crippen molar-refractivity contribution < 1.29 is 9.53 Å². The second-order valence-corrected chi connectivity index (χ2v) is 16.2. The zero-order valence-electron chi connectivity index (χ0n) is 34.5. The zero-order chi connectivity index (χ0) is 36.6. The molecule has 0 aliphatic heterocycles. The molecular formula is C47H87NO2. The number of esters is 1. The van der Waals surface area contributed by atoms with Crippen molar-refractivity contribution in [1.82, 2.24) is 0 Å². The largest absolute Gasteiger partial charge is 0.468 e. The maximum absolute atomic E-state index is 13.6. The van der Waals surface area contributed by atoms with Gasteiger partial charge in [-0.3, -0.25) is 4.79 Å². The third-order valence-electron chi connectivity index (χ3n) is 11.9. The van der Waals surface area contributed by atoms with E-state index in [4.69, 9.17) is 10.5 Å². The average molecular weight is 698 g/mol. The SMILES string of the molecule is CCCCCCCCCCCCc1ccccc1C(CCCCCCCCCCCC)(CCCCCCCCCCCC)C(C)(N)C(=O)OC. The maximum atomic E-state index is 13.6. The van der Waals surface area contributed by atoms with Crippen LogP contribution in [0.4, 0.5) is 0 Å². The van der Waals surface area contributed by atoms with E-state index in [-0.39, 0.29) is 5.97 Å². The van der Waals surface area contributed by atoms with Crippen LogP contribution in [0.3, 0.4) is 0 Å². The van der Waals surface area contributed by atoms with E-state index in [2.05, 4.69) is 45.0 Å². The highest BCUT2D eigenvalue weighted by atomic mass is 16.5. The Morgan fingerprint density at radius 1 is 0.520 bits per heavy atom. The number of hydrogen-bond acceptors (Lipinski definition) is 3. The summed E-state index contributed by atoms with van der Waals surface area (Å²) in [6.07, 6.45) is 42.7. The Labute approximate surface area is 313 Å². The summed E-state index contributed by atoms with van der Waals surface area (Å²) in [4.78, 5) is 13.6. The number of carbonyl (C=O) groups excluding carboxylic acids is 1. The van der Waals surface area contributed by atoms with Gasteiger partial charge in [-0.2, -0.15) is 0 Å². The van der Waals surface area contributed by atoms with Crippen molar-refractivity contribution in [1.29, 1.82) is 0 Å². The second-order valence-electron chi connectivity index (χ2n) is 16.2. The van der Waals surface area contributed by atoms with Crippen LogP contribution in [0, 0.1) is 0 Å². The normalized spacial score (nSPS) is 13.1. The summed E-state index contributed by atoms with van der Waals surface area (Å²) in [7, 11) is 1.52. The number of carbonyl (C=O) groups is 1. The molecule has 1 atom stereocenters. The molecule has 3 heteroatoms. The van der Waals surface area contributed by atoms with Gasteiger partial charge in [0.1, 0.15) is 5.54 Å². The van der Waals surface area contributed by atoms with Crippen LogP contribution in [0.1, 0.15) is 244 Å². The Bertz CT molecular complexity index is 884. The zero-order valence-corrected chi connectivity index (χ0v) is 34.5. The number of ether oxygens (including phenoxy) is 1. The smallest absolute Gasteiger partial charge is 0.326 e. The van der Waals surface area contributed by atoms with E-state index in [1.807, 2.05) is 6.92 Å². The number of hydrogen-bond donors (Lipinski definition) is 1. The van der Waals surface area contributed by atoms with Gasteiger partial charge in [-0.05, 0) is 43.7 Å². The Morgan fingerprint density at radius 2 is 0.840 bits per heavy atom. The molecule has 1 aromatic carbocycles. The van der Waals surface area contributed by atoms with Crippen molar-refractivity contribution in [3.63, 3.8) is 0 Å². The fourth-order valence-corrected chi connectivity index (χ4v) is 8.44. The first-order valence-corrected chi connectivity index (χ1v) is 22.4. The lowest BCUT2D eigenvalue weighted by Gasteiger charge is -2.46. The maximum Gasteiger partial charge on any atom is 0.326 e. The van der Waals surface area contributed by atoms with E-state index in [0.717, 1.165) is 32.1 Å². The van der Waals surface area contributed by atoms with Gasteiger partial charge in [0.2, 0.25) is 0 Å². The summed E-state index contributed by atoms with van der Waals surface area (Å²) in [5.74, 6) is -0.259. The molecule has 0 heterocycles. The second kappa shape index (κ2) is 31.2. The lowest BCUT2D eigenvalue weighted by atomic mass is 9.59. The Kier molecular flexibility index (Phi) is 29.1. The molecule has 0 bridgehead atoms. The molecule has 50 heavy (non-hydrogen) atoms. The van der Waals surface area contributed by atoms with Gasteiger partial charge < -0.3 is 10.5 Å². The van der Waals surface area contributed by atoms with Crippen molar-refractivity contribution in [2.24, 2.45) is 5.73 Å². The van der Waals surface area contributed by atoms with E-state index in [1.165, 1.54) is 198 Å². The third kappa shape index (κ3) is 19.5. The Balaban J connectivity index is 3.01. The predicted octanol–water partition coefficient (Wildman–Crippen LogP) is 14.9. The molecule has 0 spiro atoms. The molecule has 292 valence electrons. The van der Waals surface area contributed by atoms with Gasteiger partial charge in [-0.25, -0.2) is 0 Å². The molecule has 0 saturated carbocycles. The van der Waals surface area contributed by atoms with Gasteiger partial charge >= 0.3 is 5.97 Å². The Morgan fingerprint density at radius 3 is 1.20 bits per heavy atom. The third-order valence-corrected chi connectivity index (χ3v) is 11.9. The predicted molar refractivity (Wildman–Crippen MR) is 221 cm³/mol. The molecule has 0 radical (unpaired) electrons. The first-order chi connectivity index (χ1) is 24.4. The summed E-state index contributed by atoms with van der Waals surface area (Å²) in [6, 6.07) is 9.05. The first-order valence-electron chi connectivity index (χ1n) is 22.4. The van der Waals surface area contributed by atoms with Crippen LogP contribution in [0.25, 0.3) is 0 Å². The summed E-state index contributed by atoms with van der Waals surface area (Å²) < 4.78 is 5.48. The van der Waals surface area contributed by atoms with Gasteiger partial charge in [-0.15, -0.1) is 0 Å². The number of rotatable bonds is 36. The molecular weight excluding hydrogens is 611 g/mol. The molecule has 3 nitrogen and oxygen atoms in total. The van der Waals surface area contributed by atoms with Gasteiger partial charge in [0.05, 0.1) is 7.11 Å². The van der Waals surface area contributed by atoms with Gasteiger partial charge in [0, 0.05) is 5.41 Å². The van der Waals surface area contributed by atoms with E-state index in [1.54, 1.807) is 0 Å². The minimum Gasteiger partial charge on any atom is -0.468 e. The lowest BCUT2D eigenvalue weighted by Crippen LogP contribution is -2.62. The van der Waals surface area contributed by atoms with Crippen LogP contribution in [-0.2, 0) is 21.4 Å². The van der Waals surface area contributed by atoms with Crippen molar-refractivity contribution in [2.45, 2.75) is 251 Å². The minimum atomic E-state index is -1.08. The van der Waals surface area contributed by atoms with Crippen LogP contribution in [0.2, 0.25) is 0 Å². The topological polar surface area (TPSA) is 52.3 Å². The Hall–Kier alpha value is -1.35. The van der Waals surface area contributed by atoms with Crippen molar-refractivity contribution in [2.75, 3.05) is 7.11 Å².